The van der Waals surface area contributed by atoms with Crippen LogP contribution < -0.4 is 4.74 Å². The number of rotatable bonds is 4. The van der Waals surface area contributed by atoms with Gasteiger partial charge in [-0.1, -0.05) is 12.1 Å². The van der Waals surface area contributed by atoms with Crippen LogP contribution in [-0.4, -0.2) is 40.7 Å². The number of benzene rings is 1. The third-order valence-corrected chi connectivity index (χ3v) is 3.26. The van der Waals surface area contributed by atoms with Gasteiger partial charge in [-0.3, -0.25) is 4.79 Å². The van der Waals surface area contributed by atoms with Crippen molar-refractivity contribution in [3.63, 3.8) is 0 Å². The monoisotopic (exact) mass is 281 g/mol. The average Bonchev–Trinajstić information content (AvgIpc) is 2.79. The Morgan fingerprint density at radius 3 is 2.80 bits per heavy atom. The van der Waals surface area contributed by atoms with Crippen LogP contribution in [0.25, 0.3) is 0 Å². The molecule has 0 radical (unpaired) electrons. The van der Waals surface area contributed by atoms with Gasteiger partial charge in [0, 0.05) is 25.1 Å². The van der Waals surface area contributed by atoms with Gasteiger partial charge >= 0.3 is 0 Å². The molecule has 1 unspecified atom stereocenters. The van der Waals surface area contributed by atoms with E-state index >= 15 is 0 Å². The molecule has 1 heterocycles. The Morgan fingerprint density at radius 2 is 2.25 bits per heavy atom. The molecule has 0 bridgehead atoms. The normalized spacial score (nSPS) is 17.6. The molecule has 1 atom stereocenters. The summed E-state index contributed by atoms with van der Waals surface area (Å²) in [6, 6.07) is 4.69. The number of amides is 1. The minimum Gasteiger partial charge on any atom is -0.477 e. The van der Waals surface area contributed by atoms with Gasteiger partial charge in [0.25, 0.3) is 5.91 Å². The predicted octanol–water partition coefficient (Wildman–Crippen LogP) is 1.75. The molecule has 4 nitrogen and oxygen atoms in total. The molecule has 1 aromatic rings. The molecule has 1 aliphatic heterocycles. The summed E-state index contributed by atoms with van der Waals surface area (Å²) in [6.07, 6.45) is -0.335. The summed E-state index contributed by atoms with van der Waals surface area (Å²) in [5.74, 6) is -0.487. The van der Waals surface area contributed by atoms with Crippen molar-refractivity contribution in [2.24, 2.45) is 0 Å². The number of hydrogen-bond acceptors (Lipinski definition) is 3. The van der Waals surface area contributed by atoms with Crippen molar-refractivity contribution >= 4 is 5.91 Å². The molecule has 110 valence electrons. The first-order valence-corrected chi connectivity index (χ1v) is 6.77. The summed E-state index contributed by atoms with van der Waals surface area (Å²) in [6.45, 7) is 5.83. The lowest BCUT2D eigenvalue weighted by Crippen LogP contribution is -2.47. The molecule has 0 fully saturated rings. The maximum Gasteiger partial charge on any atom is 0.264 e. The maximum atomic E-state index is 13.6. The van der Waals surface area contributed by atoms with E-state index in [9.17, 15) is 14.3 Å². The second kappa shape index (κ2) is 5.40. The number of halogens is 1. The fraction of sp³-hybridized carbons (Fsp3) is 0.533. The molecule has 1 aliphatic rings. The number of fused-ring (bicyclic) bond motifs is 1. The highest BCUT2D eigenvalue weighted by atomic mass is 19.1. The van der Waals surface area contributed by atoms with E-state index in [-0.39, 0.29) is 18.2 Å². The zero-order valence-electron chi connectivity index (χ0n) is 12.0. The number of carbonyl (C=O) groups is 1. The van der Waals surface area contributed by atoms with E-state index in [2.05, 4.69) is 0 Å². The standard InChI is InChI=1S/C15H20FNO3/c1-4-17(9-15(2,3)19)14(18)12-8-10-6-5-7-11(16)13(10)20-12/h5-7,12,19H,4,8-9H2,1-3H3. The molecule has 0 aromatic heterocycles. The van der Waals surface area contributed by atoms with E-state index in [0.29, 0.717) is 18.5 Å². The summed E-state index contributed by atoms with van der Waals surface area (Å²) in [5, 5.41) is 9.83. The van der Waals surface area contributed by atoms with Gasteiger partial charge in [-0.2, -0.15) is 0 Å². The molecule has 0 aliphatic carbocycles. The highest BCUT2D eigenvalue weighted by Gasteiger charge is 2.34. The van der Waals surface area contributed by atoms with Gasteiger partial charge in [0.15, 0.2) is 17.7 Å². The summed E-state index contributed by atoms with van der Waals surface area (Å²) in [7, 11) is 0. The van der Waals surface area contributed by atoms with E-state index in [4.69, 9.17) is 4.74 Å². The van der Waals surface area contributed by atoms with Gasteiger partial charge in [0.05, 0.1) is 5.60 Å². The summed E-state index contributed by atoms with van der Waals surface area (Å²) in [5.41, 5.74) is -0.259. The Labute approximate surface area is 118 Å². The number of likely N-dealkylation sites (N-methyl/N-ethyl adjacent to an activating group) is 1. The predicted molar refractivity (Wildman–Crippen MR) is 73.1 cm³/mol. The van der Waals surface area contributed by atoms with E-state index in [1.165, 1.54) is 11.0 Å². The molecular weight excluding hydrogens is 261 g/mol. The van der Waals surface area contributed by atoms with Gasteiger partial charge in [-0.05, 0) is 26.8 Å². The first-order chi connectivity index (χ1) is 9.31. The molecule has 2 rings (SSSR count). The Morgan fingerprint density at radius 1 is 1.55 bits per heavy atom. The molecule has 1 aromatic carbocycles. The van der Waals surface area contributed by atoms with Crippen LogP contribution in [-0.2, 0) is 11.2 Å². The SMILES string of the molecule is CCN(CC(C)(C)O)C(=O)C1Cc2cccc(F)c2O1. The second-order valence-corrected chi connectivity index (χ2v) is 5.70. The molecular formula is C15H20FNO3. The third kappa shape index (κ3) is 3.10. The Hall–Kier alpha value is -1.62. The van der Waals surface area contributed by atoms with Crippen molar-refractivity contribution in [2.75, 3.05) is 13.1 Å². The summed E-state index contributed by atoms with van der Waals surface area (Å²) < 4.78 is 19.0. The number of carbonyl (C=O) groups excluding carboxylic acids is 1. The third-order valence-electron chi connectivity index (χ3n) is 3.26. The number of nitrogens with zero attached hydrogens (tertiary/aromatic N) is 1. The number of para-hydroxylation sites is 1. The van der Waals surface area contributed by atoms with E-state index in [0.717, 1.165) is 0 Å². The van der Waals surface area contributed by atoms with Crippen LogP contribution in [0.3, 0.4) is 0 Å². The van der Waals surface area contributed by atoms with Crippen molar-refractivity contribution in [1.29, 1.82) is 0 Å². The minimum atomic E-state index is -0.970. The van der Waals surface area contributed by atoms with Gasteiger partial charge in [-0.15, -0.1) is 0 Å². The van der Waals surface area contributed by atoms with Crippen molar-refractivity contribution < 1.29 is 19.0 Å². The minimum absolute atomic E-state index is 0.171. The van der Waals surface area contributed by atoms with Gasteiger partial charge in [-0.25, -0.2) is 4.39 Å². The molecule has 0 spiro atoms. The number of ether oxygens (including phenoxy) is 1. The van der Waals surface area contributed by atoms with Gasteiger partial charge in [0.1, 0.15) is 0 Å². The Bertz CT molecular complexity index is 510. The lowest BCUT2D eigenvalue weighted by atomic mass is 10.1. The van der Waals surface area contributed by atoms with Crippen LogP contribution >= 0.6 is 0 Å². The van der Waals surface area contributed by atoms with Crippen LogP contribution in [0.1, 0.15) is 26.3 Å². The van der Waals surface area contributed by atoms with Gasteiger partial charge in [0.2, 0.25) is 0 Å². The van der Waals surface area contributed by atoms with Crippen LogP contribution in [0.2, 0.25) is 0 Å². The van der Waals surface area contributed by atoms with Crippen molar-refractivity contribution in [2.45, 2.75) is 38.9 Å². The quantitative estimate of drug-likeness (QED) is 0.914. The van der Waals surface area contributed by atoms with E-state index < -0.39 is 17.5 Å². The number of hydrogen-bond donors (Lipinski definition) is 1. The van der Waals surface area contributed by atoms with Crippen LogP contribution in [0, 0.1) is 5.82 Å². The van der Waals surface area contributed by atoms with E-state index in [1.54, 1.807) is 26.0 Å². The summed E-state index contributed by atoms with van der Waals surface area (Å²) >= 11 is 0. The first-order valence-electron chi connectivity index (χ1n) is 6.77. The number of aliphatic hydroxyl groups is 1. The highest BCUT2D eigenvalue weighted by Crippen LogP contribution is 2.32. The molecule has 1 N–H and O–H groups in total. The lowest BCUT2D eigenvalue weighted by molar-refractivity contribution is -0.140. The van der Waals surface area contributed by atoms with Crippen molar-refractivity contribution in [3.05, 3.63) is 29.6 Å². The van der Waals surface area contributed by atoms with Crippen molar-refractivity contribution in [3.8, 4) is 5.75 Å². The maximum absolute atomic E-state index is 13.6. The second-order valence-electron chi connectivity index (χ2n) is 5.70. The van der Waals surface area contributed by atoms with Crippen LogP contribution in [0.4, 0.5) is 4.39 Å². The van der Waals surface area contributed by atoms with Crippen LogP contribution in [0.15, 0.2) is 18.2 Å². The molecule has 1 amide bonds. The fourth-order valence-electron chi connectivity index (χ4n) is 2.38. The first kappa shape index (κ1) is 14.8. The highest BCUT2D eigenvalue weighted by molar-refractivity contribution is 5.82. The summed E-state index contributed by atoms with van der Waals surface area (Å²) in [4.78, 5) is 13.9. The largest absolute Gasteiger partial charge is 0.477 e. The molecule has 20 heavy (non-hydrogen) atoms. The molecule has 0 saturated carbocycles. The van der Waals surface area contributed by atoms with Gasteiger partial charge < -0.3 is 14.7 Å². The smallest absolute Gasteiger partial charge is 0.264 e. The Balaban J connectivity index is 2.10. The zero-order chi connectivity index (χ0) is 14.9. The molecule has 5 heteroatoms. The van der Waals surface area contributed by atoms with Crippen molar-refractivity contribution in [1.82, 2.24) is 4.90 Å². The molecule has 0 saturated heterocycles. The zero-order valence-corrected chi connectivity index (χ0v) is 12.0. The topological polar surface area (TPSA) is 49.8 Å². The van der Waals surface area contributed by atoms with Crippen LogP contribution in [0.5, 0.6) is 5.75 Å². The fourth-order valence-corrected chi connectivity index (χ4v) is 2.38. The average molecular weight is 281 g/mol. The Kier molecular flexibility index (Phi) is 3.99. The van der Waals surface area contributed by atoms with E-state index in [1.807, 2.05) is 6.92 Å². The lowest BCUT2D eigenvalue weighted by Gasteiger charge is -2.29.